The average molecular weight is 661 g/mol. The molecule has 3 aromatic rings. The first-order chi connectivity index (χ1) is 19.8. The van der Waals surface area contributed by atoms with E-state index in [9.17, 15) is 19.2 Å². The third-order valence-electron chi connectivity index (χ3n) is 7.56. The Balaban J connectivity index is 1.46. The number of carbonyl (C=O) groups excluding carboxylic acids is 3. The summed E-state index contributed by atoms with van der Waals surface area (Å²) < 4.78 is 18.6. The molecule has 2 saturated heterocycles. The Morgan fingerprint density at radius 3 is 2.39 bits per heavy atom. The zero-order valence-electron chi connectivity index (χ0n) is 22.2. The Labute approximate surface area is 252 Å². The number of hydrogen-bond acceptors (Lipinski definition) is 9. The van der Waals surface area contributed by atoms with Crippen LogP contribution in [-0.4, -0.2) is 73.0 Å². The minimum atomic E-state index is -0.782. The first kappa shape index (κ1) is 28.0. The summed E-state index contributed by atoms with van der Waals surface area (Å²) in [7, 11) is 3.06. The maximum absolute atomic E-state index is 14.1. The number of morpholine rings is 1. The van der Waals surface area contributed by atoms with Gasteiger partial charge >= 0.3 is 4.87 Å². The molecule has 3 unspecified atom stereocenters. The van der Waals surface area contributed by atoms with E-state index in [1.165, 1.54) is 35.4 Å². The number of thioether (sulfide) groups is 1. The van der Waals surface area contributed by atoms with E-state index < -0.39 is 17.1 Å². The van der Waals surface area contributed by atoms with E-state index in [4.69, 9.17) is 14.2 Å². The van der Waals surface area contributed by atoms with Crippen LogP contribution in [0.2, 0.25) is 0 Å². The normalized spacial score (nSPS) is 22.0. The summed E-state index contributed by atoms with van der Waals surface area (Å²) in [5, 5.41) is -0.239. The minimum Gasteiger partial charge on any atom is -0.493 e. The lowest BCUT2D eigenvalue weighted by molar-refractivity contribution is -0.136. The van der Waals surface area contributed by atoms with E-state index in [2.05, 4.69) is 15.9 Å². The number of carbonyl (C=O) groups is 3. The number of imide groups is 1. The van der Waals surface area contributed by atoms with E-state index in [0.29, 0.717) is 59.0 Å². The van der Waals surface area contributed by atoms with Crippen LogP contribution in [0.25, 0.3) is 0 Å². The van der Waals surface area contributed by atoms with Crippen molar-refractivity contribution in [2.75, 3.05) is 45.4 Å². The number of aromatic nitrogens is 1. The molecule has 0 N–H and O–H groups in total. The van der Waals surface area contributed by atoms with Crippen molar-refractivity contribution in [3.8, 4) is 11.5 Å². The summed E-state index contributed by atoms with van der Waals surface area (Å²) in [6.45, 7) is 1.67. The highest BCUT2D eigenvalue weighted by Crippen LogP contribution is 2.54. The van der Waals surface area contributed by atoms with Gasteiger partial charge < -0.3 is 19.1 Å². The van der Waals surface area contributed by atoms with Crippen LogP contribution in [0, 0.1) is 5.92 Å². The molecule has 0 spiro atoms. The molecule has 3 amide bonds. The van der Waals surface area contributed by atoms with Crippen LogP contribution in [0.5, 0.6) is 11.5 Å². The van der Waals surface area contributed by atoms with Crippen LogP contribution in [0.1, 0.15) is 16.4 Å². The maximum atomic E-state index is 14.1. The molecule has 0 aliphatic carbocycles. The summed E-state index contributed by atoms with van der Waals surface area (Å²) in [4.78, 5) is 57.7. The third kappa shape index (κ3) is 4.88. The summed E-state index contributed by atoms with van der Waals surface area (Å²) in [6, 6.07) is 12.4. The van der Waals surface area contributed by atoms with E-state index >= 15 is 0 Å². The van der Waals surface area contributed by atoms with Crippen molar-refractivity contribution in [1.82, 2.24) is 9.47 Å². The summed E-state index contributed by atoms with van der Waals surface area (Å²) in [5.74, 6) is -1.26. The van der Waals surface area contributed by atoms with Gasteiger partial charge in [-0.15, -0.1) is 0 Å². The van der Waals surface area contributed by atoms with Crippen LogP contribution < -0.4 is 19.2 Å². The Kier molecular flexibility index (Phi) is 7.70. The molecule has 0 bridgehead atoms. The smallest absolute Gasteiger partial charge is 0.308 e. The Morgan fingerprint density at radius 2 is 1.71 bits per heavy atom. The van der Waals surface area contributed by atoms with Crippen molar-refractivity contribution in [1.29, 1.82) is 0 Å². The first-order valence-electron chi connectivity index (χ1n) is 12.9. The van der Waals surface area contributed by atoms with E-state index in [-0.39, 0.29) is 29.1 Å². The van der Waals surface area contributed by atoms with Gasteiger partial charge in [-0.2, -0.15) is 0 Å². The van der Waals surface area contributed by atoms with Gasteiger partial charge in [-0.3, -0.25) is 23.7 Å². The minimum absolute atomic E-state index is 0.147. The number of anilines is 1. The lowest BCUT2D eigenvalue weighted by atomic mass is 9.83. The second-order valence-corrected chi connectivity index (χ2v) is 12.8. The fourth-order valence-corrected chi connectivity index (χ4v) is 8.59. The Morgan fingerprint density at radius 1 is 1.00 bits per heavy atom. The van der Waals surface area contributed by atoms with Crippen molar-refractivity contribution < 1.29 is 28.6 Å². The molecule has 2 fully saturated rings. The number of amides is 3. The second kappa shape index (κ2) is 11.3. The summed E-state index contributed by atoms with van der Waals surface area (Å²) in [6.07, 6.45) is 0. The lowest BCUT2D eigenvalue weighted by Crippen LogP contribution is -2.43. The number of benzene rings is 2. The van der Waals surface area contributed by atoms with E-state index in [1.807, 2.05) is 6.07 Å². The number of nitrogens with zero attached hydrogens (tertiary/aromatic N) is 3. The molecule has 13 heteroatoms. The number of thiazole rings is 1. The summed E-state index contributed by atoms with van der Waals surface area (Å²) >= 11 is 5.61. The standard InChI is InChI=1S/C28H26BrN3O7S2/c1-37-18-8-3-15(13-19(18)38-2)21-22-23(26(35)32(25(22)34)17-6-4-16(29)5-7-17)40-27-24(21)41-28(36)31(27)14-20(33)30-9-11-39-12-10-30/h3-8,13,21-23H,9-12,14H2,1-2H3. The Bertz CT molecular complexity index is 1580. The van der Waals surface area contributed by atoms with Crippen LogP contribution in [0.15, 0.2) is 56.8 Å². The zero-order valence-corrected chi connectivity index (χ0v) is 25.4. The zero-order chi connectivity index (χ0) is 28.8. The van der Waals surface area contributed by atoms with Crippen molar-refractivity contribution in [2.45, 2.75) is 22.7 Å². The molecule has 10 nitrogen and oxygen atoms in total. The number of rotatable bonds is 6. The van der Waals surface area contributed by atoms with Crippen LogP contribution in [0.4, 0.5) is 5.69 Å². The predicted molar refractivity (Wildman–Crippen MR) is 157 cm³/mol. The SMILES string of the molecule is COc1ccc(C2c3sc(=O)n(CC(=O)N4CCOCC4)c3SC3C(=O)N(c4ccc(Br)cc4)C(=O)C32)cc1OC. The van der Waals surface area contributed by atoms with Crippen molar-refractivity contribution >= 4 is 62.4 Å². The largest absolute Gasteiger partial charge is 0.493 e. The van der Waals surface area contributed by atoms with Gasteiger partial charge in [0.1, 0.15) is 11.8 Å². The quantitative estimate of drug-likeness (QED) is 0.371. The number of hydrogen-bond donors (Lipinski definition) is 0. The summed E-state index contributed by atoms with van der Waals surface area (Å²) in [5.41, 5.74) is 1.19. The molecule has 1 aromatic heterocycles. The molecule has 0 saturated carbocycles. The highest BCUT2D eigenvalue weighted by atomic mass is 79.9. The van der Waals surface area contributed by atoms with Crippen molar-refractivity contribution in [3.63, 3.8) is 0 Å². The molecule has 41 heavy (non-hydrogen) atoms. The fourth-order valence-electron chi connectivity index (χ4n) is 5.55. The molecule has 3 aliphatic rings. The van der Waals surface area contributed by atoms with Crippen molar-refractivity contribution in [2.24, 2.45) is 5.92 Å². The molecule has 0 radical (unpaired) electrons. The van der Waals surface area contributed by atoms with Gasteiger partial charge in [-0.25, -0.2) is 4.90 Å². The topological polar surface area (TPSA) is 107 Å². The third-order valence-corrected chi connectivity index (χ3v) is 10.7. The van der Waals surface area contributed by atoms with Crippen LogP contribution in [0.3, 0.4) is 0 Å². The number of fused-ring (bicyclic) bond motifs is 2. The molecular formula is C28H26BrN3O7S2. The molecule has 3 atom stereocenters. The fraction of sp³-hybridized carbons (Fsp3) is 0.357. The van der Waals surface area contributed by atoms with Gasteiger partial charge in [0, 0.05) is 28.4 Å². The highest BCUT2D eigenvalue weighted by Gasteiger charge is 2.57. The molecule has 3 aliphatic heterocycles. The monoisotopic (exact) mass is 659 g/mol. The second-order valence-electron chi connectivity index (χ2n) is 9.76. The maximum Gasteiger partial charge on any atom is 0.308 e. The highest BCUT2D eigenvalue weighted by molar-refractivity contribution is 9.10. The lowest BCUT2D eigenvalue weighted by Gasteiger charge is -2.31. The van der Waals surface area contributed by atoms with Crippen molar-refractivity contribution in [3.05, 3.63) is 67.0 Å². The molecular weight excluding hydrogens is 634 g/mol. The Hall–Kier alpha value is -3.13. The number of halogens is 1. The molecule has 2 aromatic carbocycles. The molecule has 6 rings (SSSR count). The van der Waals surface area contributed by atoms with E-state index in [0.717, 1.165) is 15.8 Å². The van der Waals surface area contributed by atoms with Gasteiger partial charge in [0.25, 0.3) is 0 Å². The van der Waals surface area contributed by atoms with Gasteiger partial charge in [-0.1, -0.05) is 45.1 Å². The van der Waals surface area contributed by atoms with Gasteiger partial charge in [0.2, 0.25) is 17.7 Å². The first-order valence-corrected chi connectivity index (χ1v) is 15.4. The number of methoxy groups -OCH3 is 2. The predicted octanol–water partition coefficient (Wildman–Crippen LogP) is 3.34. The van der Waals surface area contributed by atoms with E-state index in [1.54, 1.807) is 41.3 Å². The van der Waals surface area contributed by atoms with Gasteiger partial charge in [-0.05, 0) is 42.0 Å². The van der Waals surface area contributed by atoms with Gasteiger partial charge in [0.15, 0.2) is 11.5 Å². The average Bonchev–Trinajstić information content (AvgIpc) is 3.43. The van der Waals surface area contributed by atoms with Crippen LogP contribution >= 0.6 is 39.0 Å². The molecule has 4 heterocycles. The number of ether oxygens (including phenoxy) is 3. The van der Waals surface area contributed by atoms with Gasteiger partial charge in [0.05, 0.1) is 44.1 Å². The van der Waals surface area contributed by atoms with Crippen LogP contribution in [-0.2, 0) is 25.7 Å². The molecule has 214 valence electrons.